The Bertz CT molecular complexity index is 697. The molecule has 31 heavy (non-hydrogen) atoms. The highest BCUT2D eigenvalue weighted by molar-refractivity contribution is 5.97. The van der Waals surface area contributed by atoms with E-state index in [1.165, 1.54) is 11.8 Å². The maximum Gasteiger partial charge on any atom is 0.454 e. The SMILES string of the molecule is CC(OC(=O)C1CCN(/C=C/C(=O)C(F)(F)F)CC1)C(=O)NC(=O)NC1CCCCC1. The highest BCUT2D eigenvalue weighted by atomic mass is 19.4. The Balaban J connectivity index is 1.71. The van der Waals surface area contributed by atoms with Gasteiger partial charge in [0.05, 0.1) is 5.92 Å². The largest absolute Gasteiger partial charge is 0.454 e. The molecule has 2 rings (SSSR count). The number of carbonyl (C=O) groups excluding carboxylic acids is 4. The number of likely N-dealkylation sites (tertiary alicyclic amines) is 1. The van der Waals surface area contributed by atoms with E-state index < -0.39 is 41.9 Å². The van der Waals surface area contributed by atoms with Crippen molar-refractivity contribution in [2.45, 2.75) is 70.2 Å². The third-order valence-electron chi connectivity index (χ3n) is 5.42. The van der Waals surface area contributed by atoms with Crippen LogP contribution >= 0.6 is 0 Å². The van der Waals surface area contributed by atoms with Crippen molar-refractivity contribution in [1.29, 1.82) is 0 Å². The Labute approximate surface area is 178 Å². The van der Waals surface area contributed by atoms with Crippen molar-refractivity contribution < 1.29 is 37.1 Å². The van der Waals surface area contributed by atoms with Crippen molar-refractivity contribution in [3.05, 3.63) is 12.3 Å². The molecule has 174 valence electrons. The highest BCUT2D eigenvalue weighted by Crippen LogP contribution is 2.21. The zero-order valence-electron chi connectivity index (χ0n) is 17.4. The van der Waals surface area contributed by atoms with Gasteiger partial charge in [-0.15, -0.1) is 0 Å². The first-order valence-corrected chi connectivity index (χ1v) is 10.4. The number of ether oxygens (including phenoxy) is 1. The van der Waals surface area contributed by atoms with Gasteiger partial charge in [-0.2, -0.15) is 13.2 Å². The van der Waals surface area contributed by atoms with E-state index in [0.717, 1.165) is 38.3 Å². The Hall–Kier alpha value is -2.59. The average molecular weight is 447 g/mol. The minimum absolute atomic E-state index is 0.0325. The van der Waals surface area contributed by atoms with Crippen molar-refractivity contribution in [3.63, 3.8) is 0 Å². The molecule has 0 aromatic rings. The second-order valence-electron chi connectivity index (χ2n) is 7.86. The molecule has 1 aliphatic carbocycles. The van der Waals surface area contributed by atoms with Gasteiger partial charge < -0.3 is 15.0 Å². The molecule has 1 aliphatic heterocycles. The van der Waals surface area contributed by atoms with Crippen LogP contribution < -0.4 is 10.6 Å². The Morgan fingerprint density at radius 1 is 1.03 bits per heavy atom. The number of nitrogens with one attached hydrogen (secondary N) is 2. The molecule has 2 aliphatic rings. The number of hydrogen-bond acceptors (Lipinski definition) is 6. The van der Waals surface area contributed by atoms with Gasteiger partial charge in [-0.1, -0.05) is 19.3 Å². The number of carbonyl (C=O) groups is 4. The van der Waals surface area contributed by atoms with Gasteiger partial charge in [-0.25, -0.2) is 4.79 Å². The number of ketones is 1. The van der Waals surface area contributed by atoms with Crippen LogP contribution in [0.1, 0.15) is 51.9 Å². The molecule has 0 bridgehead atoms. The summed E-state index contributed by atoms with van der Waals surface area (Å²) in [7, 11) is 0. The number of hydrogen-bond donors (Lipinski definition) is 2. The average Bonchev–Trinajstić information content (AvgIpc) is 2.72. The molecule has 0 aromatic carbocycles. The van der Waals surface area contributed by atoms with Crippen LogP contribution in [0.5, 0.6) is 0 Å². The molecule has 11 heteroatoms. The molecule has 0 spiro atoms. The molecule has 0 radical (unpaired) electrons. The number of rotatable bonds is 6. The lowest BCUT2D eigenvalue weighted by Gasteiger charge is -2.30. The number of urea groups is 1. The summed E-state index contributed by atoms with van der Waals surface area (Å²) < 4.78 is 41.8. The first-order chi connectivity index (χ1) is 14.6. The lowest BCUT2D eigenvalue weighted by atomic mass is 9.96. The molecule has 2 fully saturated rings. The second-order valence-corrected chi connectivity index (χ2v) is 7.86. The third-order valence-corrected chi connectivity index (χ3v) is 5.42. The van der Waals surface area contributed by atoms with E-state index in [9.17, 15) is 32.3 Å². The molecular formula is C20H28F3N3O5. The summed E-state index contributed by atoms with van der Waals surface area (Å²) in [6.07, 6.45) is 0.985. The fourth-order valence-corrected chi connectivity index (χ4v) is 3.56. The minimum Gasteiger partial charge on any atom is -0.452 e. The van der Waals surface area contributed by atoms with Crippen LogP contribution in [-0.2, 0) is 19.1 Å². The fourth-order valence-electron chi connectivity index (χ4n) is 3.56. The molecule has 1 atom stereocenters. The lowest BCUT2D eigenvalue weighted by Crippen LogP contribution is -2.48. The molecule has 2 N–H and O–H groups in total. The van der Waals surface area contributed by atoms with Crippen molar-refractivity contribution in [1.82, 2.24) is 15.5 Å². The zero-order valence-corrected chi connectivity index (χ0v) is 17.4. The van der Waals surface area contributed by atoms with Crippen LogP contribution in [0.3, 0.4) is 0 Å². The summed E-state index contributed by atoms with van der Waals surface area (Å²) in [5, 5.41) is 4.91. The van der Waals surface area contributed by atoms with E-state index in [-0.39, 0.29) is 19.1 Å². The molecule has 1 saturated carbocycles. The fraction of sp³-hybridized carbons (Fsp3) is 0.700. The van der Waals surface area contributed by atoms with Crippen LogP contribution in [0.15, 0.2) is 12.3 Å². The Kier molecular flexibility index (Phi) is 8.88. The number of allylic oxidation sites excluding steroid dienone is 1. The summed E-state index contributed by atoms with van der Waals surface area (Å²) in [4.78, 5) is 48.7. The molecule has 0 aromatic heterocycles. The van der Waals surface area contributed by atoms with Crippen molar-refractivity contribution in [2.24, 2.45) is 5.92 Å². The zero-order chi connectivity index (χ0) is 23.0. The van der Waals surface area contributed by atoms with Crippen molar-refractivity contribution in [2.75, 3.05) is 13.1 Å². The molecular weight excluding hydrogens is 419 g/mol. The van der Waals surface area contributed by atoms with E-state index in [4.69, 9.17) is 4.74 Å². The van der Waals surface area contributed by atoms with Crippen LogP contribution in [0.2, 0.25) is 0 Å². The van der Waals surface area contributed by atoms with Crippen molar-refractivity contribution in [3.8, 4) is 0 Å². The van der Waals surface area contributed by atoms with Crippen LogP contribution in [0.25, 0.3) is 0 Å². The van der Waals surface area contributed by atoms with E-state index in [1.807, 2.05) is 0 Å². The maximum absolute atomic E-state index is 12.3. The summed E-state index contributed by atoms with van der Waals surface area (Å²) >= 11 is 0. The van der Waals surface area contributed by atoms with Gasteiger partial charge in [0.2, 0.25) is 0 Å². The van der Waals surface area contributed by atoms with E-state index >= 15 is 0 Å². The van der Waals surface area contributed by atoms with Crippen LogP contribution in [-0.4, -0.2) is 60.0 Å². The van der Waals surface area contributed by atoms with Crippen molar-refractivity contribution >= 4 is 23.7 Å². The first kappa shape index (κ1) is 24.7. The predicted octanol–water partition coefficient (Wildman–Crippen LogP) is 2.43. The van der Waals surface area contributed by atoms with Crippen LogP contribution in [0.4, 0.5) is 18.0 Å². The number of piperidine rings is 1. The van der Waals surface area contributed by atoms with Gasteiger partial charge in [-0.3, -0.25) is 19.7 Å². The molecule has 1 heterocycles. The van der Waals surface area contributed by atoms with Gasteiger partial charge in [0.15, 0.2) is 6.10 Å². The van der Waals surface area contributed by atoms with E-state index in [0.29, 0.717) is 18.9 Å². The normalized spacial score (nSPS) is 19.7. The number of halogens is 3. The smallest absolute Gasteiger partial charge is 0.452 e. The molecule has 1 unspecified atom stereocenters. The summed E-state index contributed by atoms with van der Waals surface area (Å²) in [5.41, 5.74) is 0. The predicted molar refractivity (Wildman–Crippen MR) is 104 cm³/mol. The standard InChI is InChI=1S/C20H28F3N3O5/c1-13(17(28)25-19(30)24-15-5-3-2-4-6-15)31-18(29)14-7-10-26(11-8-14)12-9-16(27)20(21,22)23/h9,12-15H,2-8,10-11H2,1H3,(H2,24,25,28,30)/b12-9+. The quantitative estimate of drug-likeness (QED) is 0.479. The minimum atomic E-state index is -4.91. The Morgan fingerprint density at radius 2 is 1.65 bits per heavy atom. The monoisotopic (exact) mass is 447 g/mol. The number of imide groups is 1. The van der Waals surface area contributed by atoms with Gasteiger partial charge in [0, 0.05) is 31.4 Å². The number of alkyl halides is 3. The number of nitrogens with zero attached hydrogens (tertiary/aromatic N) is 1. The molecule has 1 saturated heterocycles. The summed E-state index contributed by atoms with van der Waals surface area (Å²) in [6.45, 7) is 1.90. The molecule has 3 amide bonds. The highest BCUT2D eigenvalue weighted by Gasteiger charge is 2.36. The first-order valence-electron chi connectivity index (χ1n) is 10.4. The van der Waals surface area contributed by atoms with Gasteiger partial charge in [0.25, 0.3) is 11.7 Å². The van der Waals surface area contributed by atoms with Gasteiger partial charge >= 0.3 is 18.2 Å². The maximum atomic E-state index is 12.3. The van der Waals surface area contributed by atoms with E-state index in [2.05, 4.69) is 10.6 Å². The van der Waals surface area contributed by atoms with Crippen LogP contribution in [0, 0.1) is 5.92 Å². The summed E-state index contributed by atoms with van der Waals surface area (Å²) in [5.74, 6) is -3.80. The third kappa shape index (κ3) is 8.22. The number of esters is 1. The second kappa shape index (κ2) is 11.1. The van der Waals surface area contributed by atoms with Gasteiger partial charge in [0.1, 0.15) is 0 Å². The van der Waals surface area contributed by atoms with Gasteiger partial charge in [-0.05, 0) is 32.6 Å². The topological polar surface area (TPSA) is 105 Å². The van der Waals surface area contributed by atoms with E-state index in [1.54, 1.807) is 0 Å². The number of amides is 3. The molecule has 8 nitrogen and oxygen atoms in total. The Morgan fingerprint density at radius 3 is 2.23 bits per heavy atom. The summed E-state index contributed by atoms with van der Waals surface area (Å²) in [6, 6.07) is -0.585. The lowest BCUT2D eigenvalue weighted by molar-refractivity contribution is -0.165.